The highest BCUT2D eigenvalue weighted by molar-refractivity contribution is 6.10. The quantitative estimate of drug-likeness (QED) is 0.261. The lowest BCUT2D eigenvalue weighted by Gasteiger charge is -2.26. The Balaban J connectivity index is 1.49. The van der Waals surface area contributed by atoms with E-state index in [2.05, 4.69) is 15.0 Å². The Labute approximate surface area is 237 Å². The second-order valence-corrected chi connectivity index (χ2v) is 10.9. The van der Waals surface area contributed by atoms with Crippen LogP contribution in [0.25, 0.3) is 0 Å². The van der Waals surface area contributed by atoms with E-state index in [4.69, 9.17) is 14.2 Å². The first-order valence-corrected chi connectivity index (χ1v) is 13.3. The summed E-state index contributed by atoms with van der Waals surface area (Å²) < 4.78 is 30.6. The topological polar surface area (TPSA) is 103 Å². The van der Waals surface area contributed by atoms with Crippen molar-refractivity contribution in [1.29, 1.82) is 0 Å². The first-order chi connectivity index (χ1) is 19.6. The van der Waals surface area contributed by atoms with Crippen LogP contribution < -0.4 is 14.4 Å². The summed E-state index contributed by atoms with van der Waals surface area (Å²) in [5.41, 5.74) is 0.303. The van der Waals surface area contributed by atoms with Gasteiger partial charge in [-0.15, -0.1) is 0 Å². The molecule has 0 saturated heterocycles. The molecule has 10 heteroatoms. The maximum atomic E-state index is 14.0. The van der Waals surface area contributed by atoms with Crippen LogP contribution in [0, 0.1) is 5.82 Å². The Bertz CT molecular complexity index is 1520. The number of Topliss-reactive ketones (excluding diaryl/α,β-unsaturated/α-hetero) is 1. The average Bonchev–Trinajstić information content (AvgIpc) is 3.58. The van der Waals surface area contributed by atoms with Crippen LogP contribution in [0.4, 0.5) is 16.0 Å². The van der Waals surface area contributed by atoms with Gasteiger partial charge in [0.25, 0.3) is 0 Å². The van der Waals surface area contributed by atoms with Gasteiger partial charge in [0.15, 0.2) is 5.54 Å². The van der Waals surface area contributed by atoms with Crippen molar-refractivity contribution in [3.8, 4) is 11.6 Å². The molecule has 9 nitrogen and oxygen atoms in total. The summed E-state index contributed by atoms with van der Waals surface area (Å²) in [6, 6.07) is 11.9. The van der Waals surface area contributed by atoms with Crippen molar-refractivity contribution in [2.24, 2.45) is 4.99 Å². The lowest BCUT2D eigenvalue weighted by Crippen LogP contribution is -2.38. The van der Waals surface area contributed by atoms with E-state index in [9.17, 15) is 14.0 Å². The molecule has 2 aliphatic heterocycles. The van der Waals surface area contributed by atoms with Crippen molar-refractivity contribution in [2.75, 3.05) is 18.6 Å². The molecule has 3 aromatic rings. The minimum atomic E-state index is -1.51. The largest absolute Gasteiger partial charge is 0.497 e. The highest BCUT2D eigenvalue weighted by Crippen LogP contribution is 2.36. The third kappa shape index (κ3) is 6.11. The molecule has 0 fully saturated rings. The van der Waals surface area contributed by atoms with Crippen LogP contribution in [-0.4, -0.2) is 52.7 Å². The van der Waals surface area contributed by atoms with Gasteiger partial charge in [0.1, 0.15) is 29.3 Å². The zero-order valence-electron chi connectivity index (χ0n) is 23.4. The third-order valence-corrected chi connectivity index (χ3v) is 6.69. The fourth-order valence-electron chi connectivity index (χ4n) is 4.78. The second kappa shape index (κ2) is 11.1. The summed E-state index contributed by atoms with van der Waals surface area (Å²) in [4.78, 5) is 42.2. The van der Waals surface area contributed by atoms with E-state index < -0.39 is 22.9 Å². The van der Waals surface area contributed by atoms with Gasteiger partial charge in [0.2, 0.25) is 17.6 Å². The number of allylic oxidation sites excluding steroid dienone is 1. The summed E-state index contributed by atoms with van der Waals surface area (Å²) in [5, 5.41) is 0. The average molecular weight is 559 g/mol. The van der Waals surface area contributed by atoms with E-state index in [0.29, 0.717) is 24.7 Å². The van der Waals surface area contributed by atoms with Crippen molar-refractivity contribution in [1.82, 2.24) is 9.97 Å². The van der Waals surface area contributed by atoms with Crippen LogP contribution >= 0.6 is 0 Å². The van der Waals surface area contributed by atoms with Crippen LogP contribution in [0.15, 0.2) is 65.8 Å². The molecule has 0 bridgehead atoms. The number of aromatic nitrogens is 2. The van der Waals surface area contributed by atoms with Gasteiger partial charge in [-0.25, -0.2) is 9.37 Å². The Hall–Kier alpha value is -4.60. The SMILES string of the molecule is COc1ccc(COc2nc(N3CCc4cc(F)ccc43)ncc2C(=O)C2(CC(=O)OC(C)(C)C)C=CC=N2)cc1. The number of nitrogens with zero attached hydrogens (tertiary/aromatic N) is 4. The smallest absolute Gasteiger partial charge is 0.309 e. The number of carbonyl (C=O) groups excluding carboxylic acids is 2. The summed E-state index contributed by atoms with van der Waals surface area (Å²) in [6.07, 6.45) is 6.41. The van der Waals surface area contributed by atoms with Crippen molar-refractivity contribution in [3.05, 3.63) is 83.3 Å². The molecule has 2 aromatic carbocycles. The summed E-state index contributed by atoms with van der Waals surface area (Å²) in [7, 11) is 1.59. The minimum Gasteiger partial charge on any atom is -0.497 e. The summed E-state index contributed by atoms with van der Waals surface area (Å²) >= 11 is 0. The lowest BCUT2D eigenvalue weighted by atomic mass is 9.88. The predicted octanol–water partition coefficient (Wildman–Crippen LogP) is 5.19. The first-order valence-electron chi connectivity index (χ1n) is 13.3. The van der Waals surface area contributed by atoms with Crippen LogP contribution in [-0.2, 0) is 22.6 Å². The Kier molecular flexibility index (Phi) is 7.57. The number of hydrogen-bond acceptors (Lipinski definition) is 9. The van der Waals surface area contributed by atoms with Gasteiger partial charge in [-0.3, -0.25) is 14.6 Å². The molecule has 0 amide bonds. The van der Waals surface area contributed by atoms with E-state index in [0.717, 1.165) is 16.8 Å². The monoisotopic (exact) mass is 558 g/mol. The van der Waals surface area contributed by atoms with Gasteiger partial charge in [0.05, 0.1) is 13.5 Å². The number of hydrogen-bond donors (Lipinski definition) is 0. The number of carbonyl (C=O) groups is 2. The van der Waals surface area contributed by atoms with E-state index >= 15 is 0 Å². The molecule has 0 N–H and O–H groups in total. The predicted molar refractivity (Wildman–Crippen MR) is 152 cm³/mol. The maximum absolute atomic E-state index is 14.0. The standard InChI is InChI=1S/C31H31FN4O5/c1-30(2,3)41-26(37)17-31(13-5-14-34-31)27(38)24-18-33-29(36-15-12-21-16-22(32)8-11-25(21)36)35-28(24)40-19-20-6-9-23(39-4)10-7-20/h5-11,13-14,16,18H,12,15,17,19H2,1-4H3. The zero-order valence-corrected chi connectivity index (χ0v) is 23.4. The van der Waals surface area contributed by atoms with E-state index in [1.54, 1.807) is 46.1 Å². The van der Waals surface area contributed by atoms with E-state index in [1.165, 1.54) is 24.5 Å². The molecule has 0 saturated carbocycles. The van der Waals surface area contributed by atoms with Crippen LogP contribution in [0.1, 0.15) is 48.7 Å². The molecular formula is C31H31FN4O5. The number of ketones is 1. The normalized spacial score (nSPS) is 17.4. The number of halogens is 1. The van der Waals surface area contributed by atoms with Crippen LogP contribution in [0.5, 0.6) is 11.6 Å². The number of anilines is 2. The third-order valence-electron chi connectivity index (χ3n) is 6.69. The fourth-order valence-corrected chi connectivity index (χ4v) is 4.78. The number of rotatable bonds is 9. The highest BCUT2D eigenvalue weighted by Gasteiger charge is 2.43. The van der Waals surface area contributed by atoms with Gasteiger partial charge in [-0.05, 0) is 80.8 Å². The molecule has 3 heterocycles. The molecule has 1 aromatic heterocycles. The van der Waals surface area contributed by atoms with Gasteiger partial charge >= 0.3 is 5.97 Å². The fraction of sp³-hybridized carbons (Fsp3) is 0.323. The molecule has 1 unspecified atom stereocenters. The van der Waals surface area contributed by atoms with Crippen molar-refractivity contribution in [3.63, 3.8) is 0 Å². The molecular weight excluding hydrogens is 527 g/mol. The van der Waals surface area contributed by atoms with Gasteiger partial charge in [-0.1, -0.05) is 12.1 Å². The van der Waals surface area contributed by atoms with Crippen molar-refractivity contribution < 1.29 is 28.2 Å². The molecule has 0 aliphatic carbocycles. The number of benzene rings is 2. The van der Waals surface area contributed by atoms with Crippen molar-refractivity contribution in [2.45, 2.75) is 51.4 Å². The van der Waals surface area contributed by atoms with Crippen LogP contribution in [0.2, 0.25) is 0 Å². The number of aliphatic imine (C=N–C) groups is 1. The van der Waals surface area contributed by atoms with Gasteiger partial charge in [0, 0.05) is 24.6 Å². The van der Waals surface area contributed by atoms with E-state index in [-0.39, 0.29) is 30.3 Å². The molecule has 0 radical (unpaired) electrons. The molecule has 5 rings (SSSR count). The molecule has 41 heavy (non-hydrogen) atoms. The molecule has 1 atom stereocenters. The number of ether oxygens (including phenoxy) is 3. The maximum Gasteiger partial charge on any atom is 0.309 e. The summed E-state index contributed by atoms with van der Waals surface area (Å²) in [6.45, 7) is 5.93. The first kappa shape index (κ1) is 27.9. The highest BCUT2D eigenvalue weighted by atomic mass is 19.1. The summed E-state index contributed by atoms with van der Waals surface area (Å²) in [5.74, 6) is -0.305. The molecule has 0 spiro atoms. The Morgan fingerprint density at radius 2 is 1.90 bits per heavy atom. The van der Waals surface area contributed by atoms with Crippen LogP contribution in [0.3, 0.4) is 0 Å². The molecule has 2 aliphatic rings. The van der Waals surface area contributed by atoms with Gasteiger partial charge in [-0.2, -0.15) is 4.98 Å². The minimum absolute atomic E-state index is 0.0467. The number of methoxy groups -OCH3 is 1. The zero-order chi connectivity index (χ0) is 29.2. The molecule has 212 valence electrons. The van der Waals surface area contributed by atoms with E-state index in [1.807, 2.05) is 29.2 Å². The Morgan fingerprint density at radius 1 is 1.12 bits per heavy atom. The lowest BCUT2D eigenvalue weighted by molar-refractivity contribution is -0.155. The van der Waals surface area contributed by atoms with Gasteiger partial charge < -0.3 is 19.1 Å². The Morgan fingerprint density at radius 3 is 2.59 bits per heavy atom. The van der Waals surface area contributed by atoms with Crippen molar-refractivity contribution >= 4 is 29.6 Å². The number of fused-ring (bicyclic) bond motifs is 1. The number of esters is 1. The second-order valence-electron chi connectivity index (χ2n) is 10.9.